The lowest BCUT2D eigenvalue weighted by Gasteiger charge is -2.06. The highest BCUT2D eigenvalue weighted by atomic mass is 35.5. The lowest BCUT2D eigenvalue weighted by Crippen LogP contribution is -2.20. The molecule has 0 bridgehead atoms. The van der Waals surface area contributed by atoms with Crippen LogP contribution in [0.2, 0.25) is 5.02 Å². The van der Waals surface area contributed by atoms with E-state index in [2.05, 4.69) is 4.98 Å². The maximum Gasteiger partial charge on any atom is 0.293 e. The van der Waals surface area contributed by atoms with Crippen LogP contribution in [-0.2, 0) is 6.54 Å². The summed E-state index contributed by atoms with van der Waals surface area (Å²) in [5.74, 6) is -0.629. The van der Waals surface area contributed by atoms with Gasteiger partial charge in [0.25, 0.3) is 5.91 Å². The Hall–Kier alpha value is -2.37. The number of carbonyl (C=O) groups is 1. The molecule has 3 aromatic rings. The number of pyridine rings is 1. The molecular formula is C15H12ClN3O2. The van der Waals surface area contributed by atoms with Crippen LogP contribution in [0.4, 0.5) is 0 Å². The summed E-state index contributed by atoms with van der Waals surface area (Å²) < 4.78 is 1.94. The standard InChI is InChI=1S/C15H12ClN3O2/c16-12-4-1-10(2-5-12)9-19-8-7-11-3-6-13(15(20)18-21)17-14(11)19/h1-8,21H,9H2,(H,18,20). The summed E-state index contributed by atoms with van der Waals surface area (Å²) in [6.07, 6.45) is 1.91. The van der Waals surface area contributed by atoms with E-state index in [0.29, 0.717) is 17.2 Å². The predicted molar refractivity (Wildman–Crippen MR) is 79.5 cm³/mol. The average molecular weight is 302 g/mol. The lowest BCUT2D eigenvalue weighted by molar-refractivity contribution is 0.0701. The minimum atomic E-state index is -0.629. The molecule has 106 valence electrons. The summed E-state index contributed by atoms with van der Waals surface area (Å²) in [6.45, 7) is 0.623. The van der Waals surface area contributed by atoms with Crippen molar-refractivity contribution in [2.45, 2.75) is 6.54 Å². The van der Waals surface area contributed by atoms with Crippen molar-refractivity contribution in [1.82, 2.24) is 15.0 Å². The summed E-state index contributed by atoms with van der Waals surface area (Å²) in [5, 5.41) is 10.3. The van der Waals surface area contributed by atoms with Crippen molar-refractivity contribution in [3.05, 3.63) is 64.9 Å². The fraction of sp³-hybridized carbons (Fsp3) is 0.0667. The van der Waals surface area contributed by atoms with E-state index in [9.17, 15) is 4.79 Å². The second-order valence-corrected chi connectivity index (χ2v) is 5.06. The molecule has 21 heavy (non-hydrogen) atoms. The molecule has 0 aliphatic carbocycles. The maximum absolute atomic E-state index is 11.4. The van der Waals surface area contributed by atoms with E-state index in [-0.39, 0.29) is 5.69 Å². The monoisotopic (exact) mass is 301 g/mol. The minimum absolute atomic E-state index is 0.168. The number of benzene rings is 1. The molecule has 2 aromatic heterocycles. The van der Waals surface area contributed by atoms with Gasteiger partial charge in [-0.2, -0.15) is 0 Å². The zero-order valence-corrected chi connectivity index (χ0v) is 11.7. The molecule has 5 nitrogen and oxygen atoms in total. The molecule has 3 rings (SSSR count). The molecule has 2 N–H and O–H groups in total. The van der Waals surface area contributed by atoms with Crippen LogP contribution in [0.15, 0.2) is 48.7 Å². The van der Waals surface area contributed by atoms with Gasteiger partial charge < -0.3 is 4.57 Å². The van der Waals surface area contributed by atoms with Crippen molar-refractivity contribution in [2.24, 2.45) is 0 Å². The minimum Gasteiger partial charge on any atom is -0.328 e. The SMILES string of the molecule is O=C(NO)c1ccc2ccn(Cc3ccc(Cl)cc3)c2n1. The fourth-order valence-electron chi connectivity index (χ4n) is 2.16. The van der Waals surface area contributed by atoms with Gasteiger partial charge in [-0.3, -0.25) is 10.0 Å². The van der Waals surface area contributed by atoms with E-state index in [1.165, 1.54) is 0 Å². The van der Waals surface area contributed by atoms with Gasteiger partial charge in [0.05, 0.1) is 0 Å². The van der Waals surface area contributed by atoms with Gasteiger partial charge in [0.1, 0.15) is 11.3 Å². The Morgan fingerprint density at radius 2 is 1.95 bits per heavy atom. The molecule has 6 heteroatoms. The van der Waals surface area contributed by atoms with Gasteiger partial charge in [0.2, 0.25) is 0 Å². The van der Waals surface area contributed by atoms with Crippen molar-refractivity contribution in [2.75, 3.05) is 0 Å². The summed E-state index contributed by atoms with van der Waals surface area (Å²) >= 11 is 5.87. The van der Waals surface area contributed by atoms with Crippen LogP contribution in [0.5, 0.6) is 0 Å². The number of hydrogen-bond acceptors (Lipinski definition) is 3. The number of hydrogen-bond donors (Lipinski definition) is 2. The van der Waals surface area contributed by atoms with Gasteiger partial charge >= 0.3 is 0 Å². The van der Waals surface area contributed by atoms with Crippen molar-refractivity contribution in [3.8, 4) is 0 Å². The number of carbonyl (C=O) groups excluding carboxylic acids is 1. The first kappa shape index (κ1) is 13.6. The van der Waals surface area contributed by atoms with Gasteiger partial charge in [0.15, 0.2) is 0 Å². The Morgan fingerprint density at radius 3 is 2.67 bits per heavy atom. The molecule has 0 aliphatic heterocycles. The molecule has 0 spiro atoms. The summed E-state index contributed by atoms with van der Waals surface area (Å²) in [7, 11) is 0. The molecular weight excluding hydrogens is 290 g/mol. The normalized spacial score (nSPS) is 10.8. The maximum atomic E-state index is 11.4. The molecule has 1 amide bonds. The van der Waals surface area contributed by atoms with Gasteiger partial charge in [-0.1, -0.05) is 23.7 Å². The number of amides is 1. The number of nitrogens with zero attached hydrogens (tertiary/aromatic N) is 2. The van der Waals surface area contributed by atoms with E-state index in [0.717, 1.165) is 10.9 Å². The third-order valence-electron chi connectivity index (χ3n) is 3.21. The largest absolute Gasteiger partial charge is 0.328 e. The highest BCUT2D eigenvalue weighted by Crippen LogP contribution is 2.17. The van der Waals surface area contributed by atoms with E-state index in [1.54, 1.807) is 17.6 Å². The third-order valence-corrected chi connectivity index (χ3v) is 3.46. The first-order valence-electron chi connectivity index (χ1n) is 6.32. The van der Waals surface area contributed by atoms with E-state index < -0.39 is 5.91 Å². The molecule has 0 aliphatic rings. The van der Waals surface area contributed by atoms with Gasteiger partial charge in [-0.05, 0) is 35.9 Å². The quantitative estimate of drug-likeness (QED) is 0.577. The third kappa shape index (κ3) is 2.74. The smallest absolute Gasteiger partial charge is 0.293 e. The average Bonchev–Trinajstić information content (AvgIpc) is 2.91. The fourth-order valence-corrected chi connectivity index (χ4v) is 2.28. The number of halogens is 1. The summed E-state index contributed by atoms with van der Waals surface area (Å²) in [4.78, 5) is 15.7. The van der Waals surface area contributed by atoms with Crippen molar-refractivity contribution < 1.29 is 10.0 Å². The van der Waals surface area contributed by atoms with Crippen molar-refractivity contribution in [1.29, 1.82) is 0 Å². The zero-order chi connectivity index (χ0) is 14.8. The molecule has 0 radical (unpaired) electrons. The van der Waals surface area contributed by atoms with Crippen molar-refractivity contribution >= 4 is 28.5 Å². The molecule has 2 heterocycles. The first-order valence-corrected chi connectivity index (χ1v) is 6.70. The first-order chi connectivity index (χ1) is 10.2. The van der Waals surface area contributed by atoms with E-state index in [1.807, 2.05) is 41.1 Å². The number of nitrogens with one attached hydrogen (secondary N) is 1. The number of aromatic nitrogens is 2. The van der Waals surface area contributed by atoms with E-state index in [4.69, 9.17) is 16.8 Å². The number of fused-ring (bicyclic) bond motifs is 1. The van der Waals surface area contributed by atoms with E-state index >= 15 is 0 Å². The molecule has 1 aromatic carbocycles. The predicted octanol–water partition coefficient (Wildman–Crippen LogP) is 2.86. The molecule has 0 atom stereocenters. The van der Waals surface area contributed by atoms with Crippen LogP contribution < -0.4 is 5.48 Å². The Bertz CT molecular complexity index is 796. The van der Waals surface area contributed by atoms with Crippen LogP contribution in [0, 0.1) is 0 Å². The van der Waals surface area contributed by atoms with Crippen LogP contribution in [0.1, 0.15) is 16.1 Å². The zero-order valence-electron chi connectivity index (χ0n) is 11.0. The second-order valence-electron chi connectivity index (χ2n) is 4.62. The van der Waals surface area contributed by atoms with Gasteiger partial charge in [-0.25, -0.2) is 10.5 Å². The highest BCUT2D eigenvalue weighted by Gasteiger charge is 2.09. The summed E-state index contributed by atoms with van der Waals surface area (Å²) in [6, 6.07) is 12.9. The van der Waals surface area contributed by atoms with Crippen LogP contribution in [0.3, 0.4) is 0 Å². The topological polar surface area (TPSA) is 67.2 Å². The highest BCUT2D eigenvalue weighted by molar-refractivity contribution is 6.30. The molecule has 0 unspecified atom stereocenters. The van der Waals surface area contributed by atoms with Crippen LogP contribution >= 0.6 is 11.6 Å². The van der Waals surface area contributed by atoms with Crippen LogP contribution in [-0.4, -0.2) is 20.7 Å². The summed E-state index contributed by atoms with van der Waals surface area (Å²) in [5.41, 5.74) is 3.52. The Kier molecular flexibility index (Phi) is 3.60. The number of rotatable bonds is 3. The van der Waals surface area contributed by atoms with Crippen molar-refractivity contribution in [3.63, 3.8) is 0 Å². The van der Waals surface area contributed by atoms with Crippen LogP contribution in [0.25, 0.3) is 11.0 Å². The second kappa shape index (κ2) is 5.55. The lowest BCUT2D eigenvalue weighted by atomic mass is 10.2. The molecule has 0 saturated heterocycles. The Morgan fingerprint density at radius 1 is 1.19 bits per heavy atom. The molecule has 0 saturated carbocycles. The number of hydroxylamine groups is 1. The Labute approximate surface area is 125 Å². The Balaban J connectivity index is 1.98. The van der Waals surface area contributed by atoms with Gasteiger partial charge in [-0.15, -0.1) is 0 Å². The van der Waals surface area contributed by atoms with Gasteiger partial charge in [0, 0.05) is 23.2 Å². The molecule has 0 fully saturated rings.